The predicted molar refractivity (Wildman–Crippen MR) is 92.6 cm³/mol. The fourth-order valence-electron chi connectivity index (χ4n) is 4.55. The number of aliphatic hydroxyl groups is 1. The average Bonchev–Trinajstić information content (AvgIpc) is 2.50. The van der Waals surface area contributed by atoms with Crippen molar-refractivity contribution in [1.29, 1.82) is 0 Å². The summed E-state index contributed by atoms with van der Waals surface area (Å²) in [4.78, 5) is 12.8. The molecule has 4 nitrogen and oxygen atoms in total. The molecule has 0 saturated carbocycles. The van der Waals surface area contributed by atoms with E-state index in [1.807, 2.05) is 0 Å². The van der Waals surface area contributed by atoms with Gasteiger partial charge in [0.05, 0.1) is 6.10 Å². The SMILES string of the molecule is CC1=C(C)[C@@H]2CC(=O)c3cc(C[C@@H](C)O)c(O)c(O)c3[C@@]2(C)CC1. The smallest absolute Gasteiger partial charge is 0.163 e. The van der Waals surface area contributed by atoms with E-state index < -0.39 is 6.10 Å². The number of aliphatic hydroxyl groups excluding tert-OH is 1. The van der Waals surface area contributed by atoms with E-state index in [2.05, 4.69) is 20.8 Å². The van der Waals surface area contributed by atoms with Crippen LogP contribution in [-0.2, 0) is 11.8 Å². The van der Waals surface area contributed by atoms with Gasteiger partial charge < -0.3 is 15.3 Å². The summed E-state index contributed by atoms with van der Waals surface area (Å²) in [5, 5.41) is 30.7. The summed E-state index contributed by atoms with van der Waals surface area (Å²) in [5.74, 6) is -0.313. The molecule has 130 valence electrons. The van der Waals surface area contributed by atoms with E-state index in [9.17, 15) is 20.1 Å². The number of aromatic hydroxyl groups is 2. The lowest BCUT2D eigenvalue weighted by atomic mass is 9.56. The highest BCUT2D eigenvalue weighted by Gasteiger charge is 2.48. The molecule has 0 unspecified atom stereocenters. The first kappa shape index (κ1) is 17.0. The Morgan fingerprint density at radius 2 is 1.96 bits per heavy atom. The van der Waals surface area contributed by atoms with Gasteiger partial charge in [-0.25, -0.2) is 0 Å². The molecule has 1 aromatic carbocycles. The number of fused-ring (bicyclic) bond motifs is 3. The molecule has 3 rings (SSSR count). The highest BCUT2D eigenvalue weighted by molar-refractivity contribution is 6.01. The van der Waals surface area contributed by atoms with Crippen LogP contribution < -0.4 is 0 Å². The zero-order chi connectivity index (χ0) is 17.8. The van der Waals surface area contributed by atoms with Crippen molar-refractivity contribution in [3.8, 4) is 11.5 Å². The van der Waals surface area contributed by atoms with Crippen LogP contribution in [0, 0.1) is 5.92 Å². The van der Waals surface area contributed by atoms with Gasteiger partial charge in [0.1, 0.15) is 0 Å². The number of hydrogen-bond acceptors (Lipinski definition) is 4. The maximum Gasteiger partial charge on any atom is 0.163 e. The minimum atomic E-state index is -0.655. The first-order valence-corrected chi connectivity index (χ1v) is 8.62. The third kappa shape index (κ3) is 2.35. The molecule has 0 aliphatic heterocycles. The van der Waals surface area contributed by atoms with Crippen molar-refractivity contribution >= 4 is 5.78 Å². The number of phenolic OH excluding ortho intramolecular Hbond substituents is 2. The number of phenols is 2. The Morgan fingerprint density at radius 1 is 1.29 bits per heavy atom. The summed E-state index contributed by atoms with van der Waals surface area (Å²) in [5.41, 5.74) is 3.72. The van der Waals surface area contributed by atoms with Crippen molar-refractivity contribution in [2.75, 3.05) is 0 Å². The third-order valence-electron chi connectivity index (χ3n) is 6.11. The molecule has 0 amide bonds. The molecule has 0 bridgehead atoms. The molecule has 0 spiro atoms. The maximum absolute atomic E-state index is 12.8. The first-order valence-electron chi connectivity index (χ1n) is 8.62. The van der Waals surface area contributed by atoms with E-state index >= 15 is 0 Å². The molecule has 2 aliphatic rings. The third-order valence-corrected chi connectivity index (χ3v) is 6.11. The lowest BCUT2D eigenvalue weighted by molar-refractivity contribution is 0.0908. The van der Waals surface area contributed by atoms with E-state index in [1.54, 1.807) is 13.0 Å². The summed E-state index contributed by atoms with van der Waals surface area (Å²) in [6.45, 7) is 7.89. The van der Waals surface area contributed by atoms with Crippen LogP contribution >= 0.6 is 0 Å². The number of benzene rings is 1. The van der Waals surface area contributed by atoms with Crippen LogP contribution in [0.4, 0.5) is 0 Å². The number of hydrogen-bond donors (Lipinski definition) is 3. The van der Waals surface area contributed by atoms with Crippen LogP contribution in [0.2, 0.25) is 0 Å². The van der Waals surface area contributed by atoms with Gasteiger partial charge in [0.25, 0.3) is 0 Å². The molecule has 3 atom stereocenters. The molecule has 2 aliphatic carbocycles. The summed E-state index contributed by atoms with van der Waals surface area (Å²) in [7, 11) is 0. The van der Waals surface area contributed by atoms with E-state index in [0.29, 0.717) is 23.1 Å². The largest absolute Gasteiger partial charge is 0.504 e. The highest BCUT2D eigenvalue weighted by atomic mass is 16.3. The first-order chi connectivity index (χ1) is 11.2. The van der Waals surface area contributed by atoms with Crippen molar-refractivity contribution in [3.63, 3.8) is 0 Å². The fraction of sp³-hybridized carbons (Fsp3) is 0.550. The van der Waals surface area contributed by atoms with Crippen LogP contribution in [-0.4, -0.2) is 27.2 Å². The van der Waals surface area contributed by atoms with Crippen molar-refractivity contribution in [2.24, 2.45) is 5.92 Å². The van der Waals surface area contributed by atoms with Crippen LogP contribution in [0.3, 0.4) is 0 Å². The molecule has 1 aromatic rings. The van der Waals surface area contributed by atoms with Crippen LogP contribution in [0.5, 0.6) is 11.5 Å². The van der Waals surface area contributed by atoms with Crippen molar-refractivity contribution in [1.82, 2.24) is 0 Å². The second-order valence-electron chi connectivity index (χ2n) is 7.77. The Balaban J connectivity index is 2.23. The zero-order valence-electron chi connectivity index (χ0n) is 14.8. The number of carbonyl (C=O) groups is 1. The normalized spacial score (nSPS) is 27.7. The van der Waals surface area contributed by atoms with Gasteiger partial charge in [0.2, 0.25) is 0 Å². The van der Waals surface area contributed by atoms with Crippen molar-refractivity contribution in [3.05, 3.63) is 33.9 Å². The van der Waals surface area contributed by atoms with Gasteiger partial charge in [0.15, 0.2) is 17.3 Å². The van der Waals surface area contributed by atoms with Crippen LogP contribution in [0.15, 0.2) is 17.2 Å². The molecule has 0 fully saturated rings. The van der Waals surface area contributed by atoms with Gasteiger partial charge in [0, 0.05) is 34.9 Å². The topological polar surface area (TPSA) is 77.8 Å². The summed E-state index contributed by atoms with van der Waals surface area (Å²) < 4.78 is 0. The number of allylic oxidation sites excluding steroid dienone is 2. The minimum Gasteiger partial charge on any atom is -0.504 e. The molecular formula is C20H26O4. The number of ketones is 1. The summed E-state index contributed by atoms with van der Waals surface area (Å²) in [6.07, 6.45) is 1.77. The fourth-order valence-corrected chi connectivity index (χ4v) is 4.55. The zero-order valence-corrected chi connectivity index (χ0v) is 14.8. The second-order valence-corrected chi connectivity index (χ2v) is 7.77. The maximum atomic E-state index is 12.8. The number of Topliss-reactive ketones (excluding diaryl/α,β-unsaturated/α-hetero) is 1. The number of carbonyl (C=O) groups excluding carboxylic acids is 1. The molecule has 0 heterocycles. The molecule has 0 aromatic heterocycles. The number of rotatable bonds is 2. The van der Waals surface area contributed by atoms with Gasteiger partial charge in [-0.3, -0.25) is 4.79 Å². The Kier molecular flexibility index (Phi) is 3.99. The molecule has 3 N–H and O–H groups in total. The van der Waals surface area contributed by atoms with Crippen LogP contribution in [0.25, 0.3) is 0 Å². The minimum absolute atomic E-state index is 0.00340. The molecule has 0 radical (unpaired) electrons. The van der Waals surface area contributed by atoms with E-state index in [4.69, 9.17) is 0 Å². The second kappa shape index (κ2) is 5.62. The predicted octanol–water partition coefficient (Wildman–Crippen LogP) is 3.61. The van der Waals surface area contributed by atoms with Gasteiger partial charge in [-0.05, 0) is 45.6 Å². The Morgan fingerprint density at radius 3 is 2.58 bits per heavy atom. The van der Waals surface area contributed by atoms with Gasteiger partial charge >= 0.3 is 0 Å². The molecule has 0 saturated heterocycles. The molecule has 24 heavy (non-hydrogen) atoms. The Hall–Kier alpha value is -1.81. The van der Waals surface area contributed by atoms with E-state index in [-0.39, 0.29) is 35.0 Å². The monoisotopic (exact) mass is 330 g/mol. The molecular weight excluding hydrogens is 304 g/mol. The summed E-state index contributed by atoms with van der Waals surface area (Å²) in [6, 6.07) is 1.67. The van der Waals surface area contributed by atoms with Gasteiger partial charge in [-0.2, -0.15) is 0 Å². The van der Waals surface area contributed by atoms with E-state index in [1.165, 1.54) is 11.1 Å². The van der Waals surface area contributed by atoms with Crippen molar-refractivity contribution in [2.45, 2.75) is 64.9 Å². The van der Waals surface area contributed by atoms with Crippen LogP contribution in [0.1, 0.15) is 68.4 Å². The molecule has 4 heteroatoms. The Labute approximate surface area is 142 Å². The summed E-state index contributed by atoms with van der Waals surface area (Å²) >= 11 is 0. The van der Waals surface area contributed by atoms with Crippen molar-refractivity contribution < 1.29 is 20.1 Å². The quantitative estimate of drug-likeness (QED) is 0.572. The highest BCUT2D eigenvalue weighted by Crippen LogP contribution is 2.56. The lowest BCUT2D eigenvalue weighted by Gasteiger charge is -2.47. The van der Waals surface area contributed by atoms with Gasteiger partial charge in [-0.15, -0.1) is 0 Å². The Bertz CT molecular complexity index is 744. The van der Waals surface area contributed by atoms with E-state index in [0.717, 1.165) is 12.8 Å². The standard InChI is InChI=1S/C20H26O4/c1-10-5-6-20(4)15(12(10)3)9-16(22)14-8-13(7-11(2)21)18(23)19(24)17(14)20/h8,11,15,21,23-24H,5-7,9H2,1-4H3/t11-,15+,20+/m1/s1. The lowest BCUT2D eigenvalue weighted by Crippen LogP contribution is -2.42. The van der Waals surface area contributed by atoms with Gasteiger partial charge in [-0.1, -0.05) is 18.1 Å². The average molecular weight is 330 g/mol.